The van der Waals surface area contributed by atoms with E-state index in [1.807, 2.05) is 0 Å². The Hall–Kier alpha value is -1.56. The first-order valence-electron chi connectivity index (χ1n) is 5.89. The average Bonchev–Trinajstić information content (AvgIpc) is 2.44. The normalized spacial score (nSPS) is 10.5. The molecule has 1 aromatic rings. The fourth-order valence-corrected chi connectivity index (χ4v) is 1.97. The maximum absolute atomic E-state index is 12.5. The Morgan fingerprint density at radius 1 is 1.35 bits per heavy atom. The van der Waals surface area contributed by atoms with Crippen molar-refractivity contribution < 1.29 is 23.0 Å². The van der Waals surface area contributed by atoms with E-state index in [1.165, 1.54) is 20.3 Å². The molecule has 0 N–H and O–H groups in total. The Kier molecular flexibility index (Phi) is 6.51. The summed E-state index contributed by atoms with van der Waals surface area (Å²) in [4.78, 5) is 13.3. The van der Waals surface area contributed by atoms with Crippen molar-refractivity contribution in [3.8, 4) is 11.5 Å². The molecule has 4 nitrogen and oxygen atoms in total. The molecule has 0 heterocycles. The quantitative estimate of drug-likeness (QED) is 0.727. The molecule has 20 heavy (non-hydrogen) atoms. The Morgan fingerprint density at radius 3 is 2.55 bits per heavy atom. The first-order chi connectivity index (χ1) is 9.54. The van der Waals surface area contributed by atoms with Crippen LogP contribution in [0.2, 0.25) is 0 Å². The Morgan fingerprint density at radius 2 is 2.05 bits per heavy atom. The number of rotatable bonds is 7. The van der Waals surface area contributed by atoms with Gasteiger partial charge in [0.1, 0.15) is 0 Å². The van der Waals surface area contributed by atoms with Crippen LogP contribution >= 0.6 is 11.6 Å². The highest BCUT2D eigenvalue weighted by molar-refractivity contribution is 6.18. The van der Waals surface area contributed by atoms with Crippen LogP contribution in [0.1, 0.15) is 10.4 Å². The second kappa shape index (κ2) is 7.89. The van der Waals surface area contributed by atoms with Gasteiger partial charge in [-0.15, -0.1) is 11.6 Å². The molecule has 1 amide bonds. The van der Waals surface area contributed by atoms with E-state index in [1.54, 1.807) is 12.1 Å². The molecule has 0 aliphatic rings. The molecule has 112 valence electrons. The minimum absolute atomic E-state index is 0.0328. The maximum Gasteiger partial charge on any atom is 0.257 e. The van der Waals surface area contributed by atoms with Gasteiger partial charge in [-0.2, -0.15) is 0 Å². The smallest absolute Gasteiger partial charge is 0.257 e. The molecule has 0 spiro atoms. The van der Waals surface area contributed by atoms with Gasteiger partial charge in [0.15, 0.2) is 11.5 Å². The van der Waals surface area contributed by atoms with Gasteiger partial charge in [0, 0.05) is 12.4 Å². The first kappa shape index (κ1) is 16.5. The van der Waals surface area contributed by atoms with Crippen LogP contribution in [0.25, 0.3) is 0 Å². The number of halogens is 3. The zero-order chi connectivity index (χ0) is 15.1. The largest absolute Gasteiger partial charge is 0.493 e. The van der Waals surface area contributed by atoms with Gasteiger partial charge in [0.25, 0.3) is 12.3 Å². The van der Waals surface area contributed by atoms with Crippen LogP contribution in [-0.4, -0.2) is 50.4 Å². The van der Waals surface area contributed by atoms with Crippen molar-refractivity contribution in [1.29, 1.82) is 0 Å². The number of carbonyl (C=O) groups is 1. The van der Waals surface area contributed by atoms with Crippen LogP contribution in [0.3, 0.4) is 0 Å². The lowest BCUT2D eigenvalue weighted by Crippen LogP contribution is -2.36. The van der Waals surface area contributed by atoms with Crippen molar-refractivity contribution in [2.45, 2.75) is 6.43 Å². The van der Waals surface area contributed by atoms with Gasteiger partial charge in [0.05, 0.1) is 26.3 Å². The Balaban J connectivity index is 3.10. The second-order valence-electron chi connectivity index (χ2n) is 3.87. The predicted octanol–water partition coefficient (Wildman–Crippen LogP) is 2.65. The summed E-state index contributed by atoms with van der Waals surface area (Å²) in [6.45, 7) is -0.642. The summed E-state index contributed by atoms with van der Waals surface area (Å²) in [6, 6.07) is 4.71. The molecule has 0 aliphatic carbocycles. The van der Waals surface area contributed by atoms with Crippen molar-refractivity contribution in [3.05, 3.63) is 23.8 Å². The third-order valence-corrected chi connectivity index (χ3v) is 2.80. The first-order valence-corrected chi connectivity index (χ1v) is 6.43. The van der Waals surface area contributed by atoms with Gasteiger partial charge in [-0.05, 0) is 12.1 Å². The molecule has 1 rings (SSSR count). The summed E-state index contributed by atoms with van der Waals surface area (Å²) < 4.78 is 35.2. The van der Waals surface area contributed by atoms with Crippen molar-refractivity contribution in [1.82, 2.24) is 4.90 Å². The van der Waals surface area contributed by atoms with E-state index in [9.17, 15) is 13.6 Å². The van der Waals surface area contributed by atoms with Crippen LogP contribution in [-0.2, 0) is 0 Å². The number of hydrogen-bond donors (Lipinski definition) is 0. The number of para-hydroxylation sites is 1. The van der Waals surface area contributed by atoms with Crippen LogP contribution in [0, 0.1) is 0 Å². The molecule has 0 bridgehead atoms. The van der Waals surface area contributed by atoms with Gasteiger partial charge < -0.3 is 14.4 Å². The molecule has 7 heteroatoms. The minimum atomic E-state index is -2.63. The number of amides is 1. The van der Waals surface area contributed by atoms with E-state index in [-0.39, 0.29) is 23.7 Å². The Labute approximate surface area is 121 Å². The zero-order valence-corrected chi connectivity index (χ0v) is 12.0. The number of hydrogen-bond acceptors (Lipinski definition) is 3. The fourth-order valence-electron chi connectivity index (χ4n) is 1.77. The molecular formula is C13H16ClF2NO3. The highest BCUT2D eigenvalue weighted by atomic mass is 35.5. The molecule has 0 radical (unpaired) electrons. The van der Waals surface area contributed by atoms with E-state index in [0.29, 0.717) is 5.75 Å². The number of ether oxygens (including phenoxy) is 2. The molecule has 0 saturated carbocycles. The van der Waals surface area contributed by atoms with Crippen LogP contribution in [0.5, 0.6) is 11.5 Å². The standard InChI is InChI=1S/C13H16ClF2NO3/c1-19-10-5-3-4-9(12(10)20-2)13(18)17(7-6-14)8-11(15)16/h3-5,11H,6-8H2,1-2H3. The number of carbonyl (C=O) groups excluding carboxylic acids is 1. The lowest BCUT2D eigenvalue weighted by molar-refractivity contribution is 0.0567. The molecule has 0 fully saturated rings. The fraction of sp³-hybridized carbons (Fsp3) is 0.462. The monoisotopic (exact) mass is 307 g/mol. The van der Waals surface area contributed by atoms with Gasteiger partial charge in [-0.3, -0.25) is 4.79 Å². The molecule has 0 atom stereocenters. The topological polar surface area (TPSA) is 38.8 Å². The molecule has 0 aliphatic heterocycles. The van der Waals surface area contributed by atoms with Gasteiger partial charge in [-0.25, -0.2) is 8.78 Å². The molecule has 0 saturated heterocycles. The zero-order valence-electron chi connectivity index (χ0n) is 11.2. The molecule has 0 unspecified atom stereocenters. The van der Waals surface area contributed by atoms with Gasteiger partial charge in [0.2, 0.25) is 0 Å². The second-order valence-corrected chi connectivity index (χ2v) is 4.25. The highest BCUT2D eigenvalue weighted by Crippen LogP contribution is 2.31. The van der Waals surface area contributed by atoms with Gasteiger partial charge >= 0.3 is 0 Å². The van der Waals surface area contributed by atoms with Crippen LogP contribution in [0.15, 0.2) is 18.2 Å². The van der Waals surface area contributed by atoms with E-state index >= 15 is 0 Å². The number of alkyl halides is 3. The third-order valence-electron chi connectivity index (χ3n) is 2.63. The number of methoxy groups -OCH3 is 2. The Bertz CT molecular complexity index is 457. The van der Waals surface area contributed by atoms with Gasteiger partial charge in [-0.1, -0.05) is 6.07 Å². The average molecular weight is 308 g/mol. The van der Waals surface area contributed by atoms with E-state index in [0.717, 1.165) is 4.90 Å². The SMILES string of the molecule is COc1cccc(C(=O)N(CCCl)CC(F)F)c1OC. The third kappa shape index (κ3) is 3.96. The van der Waals surface area contributed by atoms with Crippen LogP contribution < -0.4 is 9.47 Å². The molecule has 0 aromatic heterocycles. The van der Waals surface area contributed by atoms with Crippen LogP contribution in [0.4, 0.5) is 8.78 Å². The minimum Gasteiger partial charge on any atom is -0.493 e. The van der Waals surface area contributed by atoms with Crippen molar-refractivity contribution >= 4 is 17.5 Å². The van der Waals surface area contributed by atoms with E-state index in [4.69, 9.17) is 21.1 Å². The maximum atomic E-state index is 12.5. The summed E-state index contributed by atoms with van der Waals surface area (Å²) in [5.74, 6) is 0.0850. The lowest BCUT2D eigenvalue weighted by atomic mass is 10.1. The van der Waals surface area contributed by atoms with E-state index < -0.39 is 18.9 Å². The summed E-state index contributed by atoms with van der Waals surface area (Å²) in [5, 5.41) is 0. The number of benzene rings is 1. The van der Waals surface area contributed by atoms with E-state index in [2.05, 4.69) is 0 Å². The van der Waals surface area contributed by atoms with Crippen molar-refractivity contribution in [2.24, 2.45) is 0 Å². The highest BCUT2D eigenvalue weighted by Gasteiger charge is 2.23. The molecule has 1 aromatic carbocycles. The lowest BCUT2D eigenvalue weighted by Gasteiger charge is -2.22. The number of nitrogens with zero attached hydrogens (tertiary/aromatic N) is 1. The summed E-state index contributed by atoms with van der Waals surface area (Å²) >= 11 is 5.55. The summed E-state index contributed by atoms with van der Waals surface area (Å²) in [6.07, 6.45) is -2.63. The summed E-state index contributed by atoms with van der Waals surface area (Å²) in [7, 11) is 2.81. The summed E-state index contributed by atoms with van der Waals surface area (Å²) in [5.41, 5.74) is 0.164. The van der Waals surface area contributed by atoms with Crippen molar-refractivity contribution in [2.75, 3.05) is 33.2 Å². The predicted molar refractivity (Wildman–Crippen MR) is 72.2 cm³/mol. The molecular weight excluding hydrogens is 292 g/mol. The van der Waals surface area contributed by atoms with Crippen molar-refractivity contribution in [3.63, 3.8) is 0 Å².